The van der Waals surface area contributed by atoms with E-state index in [-0.39, 0.29) is 23.8 Å². The zero-order valence-corrected chi connectivity index (χ0v) is 10.8. The predicted octanol–water partition coefficient (Wildman–Crippen LogP) is 0.146. The number of nitrogens with two attached hydrogens (primary N) is 1. The summed E-state index contributed by atoms with van der Waals surface area (Å²) < 4.78 is 0. The summed E-state index contributed by atoms with van der Waals surface area (Å²) in [6.07, 6.45) is 5.73. The van der Waals surface area contributed by atoms with Crippen LogP contribution in [0.4, 0.5) is 0 Å². The lowest BCUT2D eigenvalue weighted by molar-refractivity contribution is -0.131. The molecule has 18 heavy (non-hydrogen) atoms. The zero-order valence-electron chi connectivity index (χ0n) is 10.8. The van der Waals surface area contributed by atoms with Crippen molar-refractivity contribution in [2.75, 3.05) is 13.1 Å². The molecular weight excluding hydrogens is 230 g/mol. The van der Waals surface area contributed by atoms with E-state index in [1.54, 1.807) is 0 Å². The fourth-order valence-corrected chi connectivity index (χ4v) is 3.02. The van der Waals surface area contributed by atoms with E-state index in [1.165, 1.54) is 0 Å². The van der Waals surface area contributed by atoms with Crippen LogP contribution in [0.1, 0.15) is 38.5 Å². The van der Waals surface area contributed by atoms with E-state index in [9.17, 15) is 9.59 Å². The van der Waals surface area contributed by atoms with Crippen molar-refractivity contribution in [3.05, 3.63) is 0 Å². The molecule has 0 bridgehead atoms. The number of hydrogen-bond donors (Lipinski definition) is 3. The standard InChI is InChI=1S/C13H23N3O2/c14-8-9-4-3-5-10(9)12(17)16-11-6-1-2-7-15-13(11)18/h9-11H,1-8,14H2,(H,15,18)(H,16,17). The fraction of sp³-hybridized carbons (Fsp3) is 0.846. The number of amides is 2. The number of nitrogens with one attached hydrogen (secondary N) is 2. The quantitative estimate of drug-likeness (QED) is 0.669. The van der Waals surface area contributed by atoms with Gasteiger partial charge in [0.15, 0.2) is 0 Å². The lowest BCUT2D eigenvalue weighted by Crippen LogP contribution is -2.48. The number of hydrogen-bond acceptors (Lipinski definition) is 3. The van der Waals surface area contributed by atoms with Crippen LogP contribution >= 0.6 is 0 Å². The summed E-state index contributed by atoms with van der Waals surface area (Å²) in [5.41, 5.74) is 5.69. The minimum atomic E-state index is -0.348. The normalized spacial score (nSPS) is 32.7. The second kappa shape index (κ2) is 6.18. The molecule has 1 heterocycles. The van der Waals surface area contributed by atoms with E-state index < -0.39 is 0 Å². The highest BCUT2D eigenvalue weighted by Crippen LogP contribution is 2.31. The van der Waals surface area contributed by atoms with Gasteiger partial charge in [-0.1, -0.05) is 6.42 Å². The van der Waals surface area contributed by atoms with Gasteiger partial charge in [0.25, 0.3) is 0 Å². The highest BCUT2D eigenvalue weighted by molar-refractivity contribution is 5.88. The van der Waals surface area contributed by atoms with Gasteiger partial charge in [-0.3, -0.25) is 9.59 Å². The molecule has 5 heteroatoms. The van der Waals surface area contributed by atoms with Crippen molar-refractivity contribution in [3.8, 4) is 0 Å². The van der Waals surface area contributed by atoms with Crippen LogP contribution in [0.25, 0.3) is 0 Å². The molecule has 2 rings (SSSR count). The molecule has 5 nitrogen and oxygen atoms in total. The lowest BCUT2D eigenvalue weighted by Gasteiger charge is -2.21. The van der Waals surface area contributed by atoms with E-state index in [0.29, 0.717) is 12.5 Å². The Hall–Kier alpha value is -1.10. The first-order valence-corrected chi connectivity index (χ1v) is 7.00. The molecule has 0 radical (unpaired) electrons. The molecule has 4 N–H and O–H groups in total. The second-order valence-electron chi connectivity index (χ2n) is 5.38. The van der Waals surface area contributed by atoms with Crippen molar-refractivity contribution in [1.29, 1.82) is 0 Å². The molecule has 0 aromatic heterocycles. The summed E-state index contributed by atoms with van der Waals surface area (Å²) in [5.74, 6) is 0.276. The third-order valence-electron chi connectivity index (χ3n) is 4.15. The average molecular weight is 253 g/mol. The first-order chi connectivity index (χ1) is 8.72. The van der Waals surface area contributed by atoms with Crippen LogP contribution < -0.4 is 16.4 Å². The van der Waals surface area contributed by atoms with Gasteiger partial charge < -0.3 is 16.4 Å². The Morgan fingerprint density at radius 2 is 2.11 bits per heavy atom. The van der Waals surface area contributed by atoms with Gasteiger partial charge in [0, 0.05) is 12.5 Å². The van der Waals surface area contributed by atoms with Crippen molar-refractivity contribution in [2.24, 2.45) is 17.6 Å². The Morgan fingerprint density at radius 1 is 1.28 bits per heavy atom. The Balaban J connectivity index is 1.91. The minimum absolute atomic E-state index is 0.00560. The summed E-state index contributed by atoms with van der Waals surface area (Å²) in [5, 5.41) is 5.75. The molecule has 3 unspecified atom stereocenters. The van der Waals surface area contributed by atoms with Crippen LogP contribution in [0, 0.1) is 11.8 Å². The van der Waals surface area contributed by atoms with Crippen molar-refractivity contribution < 1.29 is 9.59 Å². The van der Waals surface area contributed by atoms with Gasteiger partial charge in [-0.2, -0.15) is 0 Å². The van der Waals surface area contributed by atoms with Gasteiger partial charge in [0.2, 0.25) is 11.8 Å². The van der Waals surface area contributed by atoms with Crippen LogP contribution in [-0.4, -0.2) is 30.9 Å². The summed E-state index contributed by atoms with van der Waals surface area (Å²) in [7, 11) is 0. The first-order valence-electron chi connectivity index (χ1n) is 7.00. The molecule has 0 aromatic carbocycles. The molecule has 1 aliphatic carbocycles. The maximum atomic E-state index is 12.2. The third-order valence-corrected chi connectivity index (χ3v) is 4.15. The molecule has 2 fully saturated rings. The van der Waals surface area contributed by atoms with Crippen LogP contribution in [-0.2, 0) is 9.59 Å². The second-order valence-corrected chi connectivity index (χ2v) is 5.38. The van der Waals surface area contributed by atoms with Gasteiger partial charge in [0.1, 0.15) is 6.04 Å². The Morgan fingerprint density at radius 3 is 2.89 bits per heavy atom. The smallest absolute Gasteiger partial charge is 0.242 e. The molecule has 1 saturated carbocycles. The van der Waals surface area contributed by atoms with E-state index >= 15 is 0 Å². The number of carbonyl (C=O) groups excluding carboxylic acids is 2. The Bertz CT molecular complexity index is 319. The topological polar surface area (TPSA) is 84.2 Å². The van der Waals surface area contributed by atoms with Crippen molar-refractivity contribution >= 4 is 11.8 Å². The lowest BCUT2D eigenvalue weighted by atomic mass is 9.95. The summed E-state index contributed by atoms with van der Waals surface area (Å²) in [6, 6.07) is -0.348. The maximum Gasteiger partial charge on any atom is 0.242 e. The summed E-state index contributed by atoms with van der Waals surface area (Å²) >= 11 is 0. The molecule has 0 spiro atoms. The number of rotatable bonds is 3. The molecule has 2 aliphatic rings. The Labute approximate surface area is 108 Å². The van der Waals surface area contributed by atoms with E-state index in [1.807, 2.05) is 0 Å². The highest BCUT2D eigenvalue weighted by atomic mass is 16.2. The zero-order chi connectivity index (χ0) is 13.0. The van der Waals surface area contributed by atoms with Gasteiger partial charge in [-0.15, -0.1) is 0 Å². The SMILES string of the molecule is NCC1CCCC1C(=O)NC1CCCCNC1=O. The monoisotopic (exact) mass is 253 g/mol. The summed E-state index contributed by atoms with van der Waals surface area (Å²) in [6.45, 7) is 1.29. The molecule has 102 valence electrons. The van der Waals surface area contributed by atoms with Crippen LogP contribution in [0.15, 0.2) is 0 Å². The summed E-state index contributed by atoms with van der Waals surface area (Å²) in [4.78, 5) is 24.0. The molecule has 1 saturated heterocycles. The highest BCUT2D eigenvalue weighted by Gasteiger charge is 2.34. The molecule has 3 atom stereocenters. The van der Waals surface area contributed by atoms with Gasteiger partial charge in [-0.05, 0) is 44.6 Å². The molecule has 2 amide bonds. The Kier molecular flexibility index (Phi) is 4.58. The number of carbonyl (C=O) groups is 2. The third kappa shape index (κ3) is 3.02. The van der Waals surface area contributed by atoms with E-state index in [4.69, 9.17) is 5.73 Å². The predicted molar refractivity (Wildman–Crippen MR) is 68.7 cm³/mol. The molecule has 0 aromatic rings. The largest absolute Gasteiger partial charge is 0.354 e. The fourth-order valence-electron chi connectivity index (χ4n) is 3.02. The van der Waals surface area contributed by atoms with Gasteiger partial charge in [-0.25, -0.2) is 0 Å². The van der Waals surface area contributed by atoms with Gasteiger partial charge >= 0.3 is 0 Å². The van der Waals surface area contributed by atoms with E-state index in [0.717, 1.165) is 45.1 Å². The van der Waals surface area contributed by atoms with Crippen molar-refractivity contribution in [2.45, 2.75) is 44.6 Å². The van der Waals surface area contributed by atoms with Crippen LogP contribution in [0.5, 0.6) is 0 Å². The van der Waals surface area contributed by atoms with Gasteiger partial charge in [0.05, 0.1) is 0 Å². The van der Waals surface area contributed by atoms with Crippen LogP contribution in [0.2, 0.25) is 0 Å². The van der Waals surface area contributed by atoms with Crippen molar-refractivity contribution in [3.63, 3.8) is 0 Å². The molecule has 1 aliphatic heterocycles. The average Bonchev–Trinajstić information content (AvgIpc) is 2.76. The van der Waals surface area contributed by atoms with Crippen molar-refractivity contribution in [1.82, 2.24) is 10.6 Å². The van der Waals surface area contributed by atoms with Crippen LogP contribution in [0.3, 0.4) is 0 Å². The maximum absolute atomic E-state index is 12.2. The minimum Gasteiger partial charge on any atom is -0.354 e. The van der Waals surface area contributed by atoms with E-state index in [2.05, 4.69) is 10.6 Å². The first kappa shape index (κ1) is 13.3. The molecular formula is C13H23N3O2.